The number of carbonyl (C=O) groups excluding carboxylic acids is 2. The lowest BCUT2D eigenvalue weighted by atomic mass is 10.1. The second kappa shape index (κ2) is 7.69. The molecule has 19 heavy (non-hydrogen) atoms. The number of hydrogen-bond acceptors (Lipinski definition) is 4. The van der Waals surface area contributed by atoms with Crippen LogP contribution in [-0.4, -0.2) is 43.4 Å². The molecule has 0 spiro atoms. The Hall–Kier alpha value is -1.68. The van der Waals surface area contributed by atoms with Gasteiger partial charge in [0.15, 0.2) is 5.78 Å². The summed E-state index contributed by atoms with van der Waals surface area (Å²) in [6.45, 7) is 6.32. The van der Waals surface area contributed by atoms with E-state index in [-0.39, 0.29) is 11.8 Å². The first kappa shape index (κ1) is 15.4. The van der Waals surface area contributed by atoms with Crippen LogP contribution in [0.1, 0.15) is 29.8 Å². The Morgan fingerprint density at radius 2 is 1.68 bits per heavy atom. The number of hydrogen-bond donors (Lipinski definition) is 0. The molecule has 1 rings (SSSR count). The van der Waals surface area contributed by atoms with Crippen molar-refractivity contribution in [1.29, 1.82) is 0 Å². The zero-order valence-corrected chi connectivity index (χ0v) is 11.8. The maximum absolute atomic E-state index is 11.9. The molecule has 1 aromatic rings. The van der Waals surface area contributed by atoms with Crippen molar-refractivity contribution < 1.29 is 14.3 Å². The van der Waals surface area contributed by atoms with Crippen LogP contribution in [0.3, 0.4) is 0 Å². The Balaban J connectivity index is 2.58. The topological polar surface area (TPSA) is 46.6 Å². The minimum atomic E-state index is -0.360. The number of benzene rings is 1. The molecule has 0 amide bonds. The molecule has 0 heterocycles. The second-order valence-electron chi connectivity index (χ2n) is 4.37. The van der Waals surface area contributed by atoms with E-state index in [4.69, 9.17) is 0 Å². The third-order valence-corrected chi connectivity index (χ3v) is 3.07. The van der Waals surface area contributed by atoms with Gasteiger partial charge >= 0.3 is 5.97 Å². The number of ketones is 1. The first-order valence-electron chi connectivity index (χ1n) is 6.52. The number of ether oxygens (including phenoxy) is 1. The Kier molecular flexibility index (Phi) is 6.22. The van der Waals surface area contributed by atoms with E-state index in [0.29, 0.717) is 18.5 Å². The van der Waals surface area contributed by atoms with Crippen molar-refractivity contribution in [1.82, 2.24) is 4.90 Å². The van der Waals surface area contributed by atoms with Gasteiger partial charge in [0.25, 0.3) is 0 Å². The predicted octanol–water partition coefficient (Wildman–Crippen LogP) is 1.93. The first-order valence-corrected chi connectivity index (χ1v) is 6.52. The van der Waals surface area contributed by atoms with Gasteiger partial charge < -0.3 is 4.74 Å². The molecule has 0 N–H and O–H groups in total. The molecular weight excluding hydrogens is 242 g/mol. The molecule has 0 aromatic heterocycles. The third-order valence-electron chi connectivity index (χ3n) is 3.07. The van der Waals surface area contributed by atoms with E-state index in [1.807, 2.05) is 13.8 Å². The van der Waals surface area contributed by atoms with Crippen molar-refractivity contribution >= 4 is 11.8 Å². The Bertz CT molecular complexity index is 422. The Labute approximate surface area is 114 Å². The molecule has 4 nitrogen and oxygen atoms in total. The monoisotopic (exact) mass is 263 g/mol. The highest BCUT2D eigenvalue weighted by molar-refractivity contribution is 5.89. The van der Waals surface area contributed by atoms with Gasteiger partial charge in [-0.25, -0.2) is 4.79 Å². The average molecular weight is 263 g/mol. The van der Waals surface area contributed by atoms with E-state index in [9.17, 15) is 9.59 Å². The Morgan fingerprint density at radius 1 is 1.11 bits per heavy atom. The fourth-order valence-electron chi connectivity index (χ4n) is 1.86. The fourth-order valence-corrected chi connectivity index (χ4v) is 1.86. The second-order valence-corrected chi connectivity index (χ2v) is 4.37. The van der Waals surface area contributed by atoms with Crippen molar-refractivity contribution in [3.05, 3.63) is 35.4 Å². The number of methoxy groups -OCH3 is 1. The normalized spacial score (nSPS) is 10.5. The molecule has 104 valence electrons. The maximum atomic E-state index is 11.9. The van der Waals surface area contributed by atoms with Gasteiger partial charge in [-0.2, -0.15) is 0 Å². The molecule has 1 aromatic carbocycles. The summed E-state index contributed by atoms with van der Waals surface area (Å²) in [5.41, 5.74) is 1.42. The van der Waals surface area contributed by atoms with Gasteiger partial charge in [0.2, 0.25) is 0 Å². The van der Waals surface area contributed by atoms with Crippen LogP contribution < -0.4 is 0 Å². The summed E-state index contributed by atoms with van der Waals surface area (Å²) in [5, 5.41) is 0. The van der Waals surface area contributed by atoms with Gasteiger partial charge in [-0.15, -0.1) is 0 Å². The van der Waals surface area contributed by atoms with Crippen LogP contribution in [0.15, 0.2) is 24.3 Å². The molecule has 4 heteroatoms. The van der Waals surface area contributed by atoms with Gasteiger partial charge in [0.1, 0.15) is 0 Å². The van der Waals surface area contributed by atoms with Crippen LogP contribution in [0.5, 0.6) is 0 Å². The summed E-state index contributed by atoms with van der Waals surface area (Å²) in [6.07, 6.45) is 0.401. The molecule has 0 aliphatic rings. The first-order chi connectivity index (χ1) is 9.10. The lowest BCUT2D eigenvalue weighted by Gasteiger charge is -2.16. The molecule has 0 saturated heterocycles. The van der Waals surface area contributed by atoms with Crippen molar-refractivity contribution in [3.63, 3.8) is 0 Å². The standard InChI is InChI=1S/C15H21NO3/c1-4-16(5-2)11-14(17)10-12-6-8-13(9-7-12)15(18)19-3/h6-9H,4-5,10-11H2,1-3H3. The molecule has 0 aliphatic heterocycles. The van der Waals surface area contributed by atoms with E-state index in [0.717, 1.165) is 18.7 Å². The lowest BCUT2D eigenvalue weighted by molar-refractivity contribution is -0.119. The molecule has 0 bridgehead atoms. The summed E-state index contributed by atoms with van der Waals surface area (Å²) < 4.78 is 4.63. The van der Waals surface area contributed by atoms with E-state index < -0.39 is 0 Å². The van der Waals surface area contributed by atoms with Gasteiger partial charge in [-0.1, -0.05) is 26.0 Å². The number of likely N-dealkylation sites (N-methyl/N-ethyl adjacent to an activating group) is 1. The minimum Gasteiger partial charge on any atom is -0.465 e. The highest BCUT2D eigenvalue weighted by Crippen LogP contribution is 2.07. The highest BCUT2D eigenvalue weighted by Gasteiger charge is 2.09. The third kappa shape index (κ3) is 4.83. The van der Waals surface area contributed by atoms with E-state index in [2.05, 4.69) is 9.64 Å². The van der Waals surface area contributed by atoms with Crippen molar-refractivity contribution in [2.24, 2.45) is 0 Å². The molecule has 0 radical (unpaired) electrons. The summed E-state index contributed by atoms with van der Waals surface area (Å²) in [5.74, 6) is -0.171. The molecule has 0 saturated carbocycles. The molecule has 0 unspecified atom stereocenters. The smallest absolute Gasteiger partial charge is 0.337 e. The van der Waals surface area contributed by atoms with Crippen LogP contribution in [-0.2, 0) is 16.0 Å². The SMILES string of the molecule is CCN(CC)CC(=O)Cc1ccc(C(=O)OC)cc1. The van der Waals surface area contributed by atoms with E-state index >= 15 is 0 Å². The molecule has 0 aliphatic carbocycles. The summed E-state index contributed by atoms with van der Waals surface area (Å²) >= 11 is 0. The van der Waals surface area contributed by atoms with Gasteiger partial charge in [0, 0.05) is 6.42 Å². The summed E-state index contributed by atoms with van der Waals surface area (Å²) in [4.78, 5) is 25.2. The Morgan fingerprint density at radius 3 is 2.16 bits per heavy atom. The zero-order chi connectivity index (χ0) is 14.3. The fraction of sp³-hybridized carbons (Fsp3) is 0.467. The zero-order valence-electron chi connectivity index (χ0n) is 11.8. The summed E-state index contributed by atoms with van der Waals surface area (Å²) in [6, 6.07) is 6.97. The number of Topliss-reactive ketones (excluding diaryl/α,β-unsaturated/α-hetero) is 1. The lowest BCUT2D eigenvalue weighted by Crippen LogP contribution is -2.30. The highest BCUT2D eigenvalue weighted by atomic mass is 16.5. The van der Waals surface area contributed by atoms with Gasteiger partial charge in [-0.05, 0) is 30.8 Å². The predicted molar refractivity (Wildman–Crippen MR) is 74.3 cm³/mol. The summed E-state index contributed by atoms with van der Waals surface area (Å²) in [7, 11) is 1.35. The van der Waals surface area contributed by atoms with Crippen LogP contribution in [0.2, 0.25) is 0 Å². The van der Waals surface area contributed by atoms with Crippen molar-refractivity contribution in [2.45, 2.75) is 20.3 Å². The van der Waals surface area contributed by atoms with Crippen LogP contribution in [0.25, 0.3) is 0 Å². The molecule has 0 fully saturated rings. The number of carbonyl (C=O) groups is 2. The molecular formula is C15H21NO3. The van der Waals surface area contributed by atoms with Crippen molar-refractivity contribution in [3.8, 4) is 0 Å². The average Bonchev–Trinajstić information content (AvgIpc) is 2.44. The number of esters is 1. The van der Waals surface area contributed by atoms with E-state index in [1.54, 1.807) is 24.3 Å². The quantitative estimate of drug-likeness (QED) is 0.705. The van der Waals surface area contributed by atoms with E-state index in [1.165, 1.54) is 7.11 Å². The van der Waals surface area contributed by atoms with Crippen LogP contribution >= 0.6 is 0 Å². The number of nitrogens with zero attached hydrogens (tertiary/aromatic N) is 1. The van der Waals surface area contributed by atoms with Crippen molar-refractivity contribution in [2.75, 3.05) is 26.7 Å². The van der Waals surface area contributed by atoms with Gasteiger partial charge in [-0.3, -0.25) is 9.69 Å². The number of rotatable bonds is 7. The maximum Gasteiger partial charge on any atom is 0.337 e. The largest absolute Gasteiger partial charge is 0.465 e. The molecule has 0 atom stereocenters. The van der Waals surface area contributed by atoms with Crippen LogP contribution in [0.4, 0.5) is 0 Å². The van der Waals surface area contributed by atoms with Crippen LogP contribution in [0, 0.1) is 0 Å². The van der Waals surface area contributed by atoms with Gasteiger partial charge in [0.05, 0.1) is 19.2 Å². The minimum absolute atomic E-state index is 0.189.